The van der Waals surface area contributed by atoms with Gasteiger partial charge >= 0.3 is 5.69 Å². The van der Waals surface area contributed by atoms with Crippen molar-refractivity contribution in [3.63, 3.8) is 0 Å². The molecule has 2 aromatic rings. The smallest absolute Gasteiger partial charge is 0.332 e. The summed E-state index contributed by atoms with van der Waals surface area (Å²) in [7, 11) is 3.00. The molecule has 0 saturated heterocycles. The molecule has 0 radical (unpaired) electrons. The molecule has 1 atom stereocenters. The third-order valence-electron chi connectivity index (χ3n) is 4.61. The predicted octanol–water partition coefficient (Wildman–Crippen LogP) is 1.08. The first kappa shape index (κ1) is 15.1. The molecule has 2 heterocycles. The normalized spacial score (nSPS) is 16.8. The summed E-state index contributed by atoms with van der Waals surface area (Å²) in [6.45, 7) is 2.69. The van der Waals surface area contributed by atoms with Crippen LogP contribution in [-0.4, -0.2) is 15.7 Å². The van der Waals surface area contributed by atoms with Crippen LogP contribution in [0.4, 0.5) is 5.82 Å². The third kappa shape index (κ3) is 2.16. The van der Waals surface area contributed by atoms with Crippen molar-refractivity contribution in [3.05, 3.63) is 61.8 Å². The van der Waals surface area contributed by atoms with Crippen molar-refractivity contribution in [1.82, 2.24) is 9.13 Å². The van der Waals surface area contributed by atoms with Gasteiger partial charge in [0.1, 0.15) is 11.9 Å². The van der Waals surface area contributed by atoms with Crippen LogP contribution in [0.2, 0.25) is 0 Å². The van der Waals surface area contributed by atoms with Crippen LogP contribution < -0.4 is 16.1 Å². The summed E-state index contributed by atoms with van der Waals surface area (Å²) in [5, 5.41) is 9.45. The maximum Gasteiger partial charge on any atom is 0.332 e. The van der Waals surface area contributed by atoms with Gasteiger partial charge in [-0.1, -0.05) is 24.3 Å². The molecule has 0 spiro atoms. The second-order valence-electron chi connectivity index (χ2n) is 5.83. The lowest BCUT2D eigenvalue weighted by Gasteiger charge is -2.38. The lowest BCUT2D eigenvalue weighted by molar-refractivity contribution is 0.581. The molecule has 0 N–H and O–H groups in total. The maximum absolute atomic E-state index is 12.3. The third-order valence-corrected chi connectivity index (χ3v) is 4.61. The highest BCUT2D eigenvalue weighted by Gasteiger charge is 2.29. The van der Waals surface area contributed by atoms with E-state index in [-0.39, 0.29) is 11.6 Å². The molecule has 6 nitrogen and oxygen atoms in total. The number of rotatable bonds is 1. The van der Waals surface area contributed by atoms with E-state index in [1.807, 2.05) is 30.0 Å². The maximum atomic E-state index is 12.3. The summed E-state index contributed by atoms with van der Waals surface area (Å²) in [5.41, 5.74) is 1.48. The first-order valence-corrected chi connectivity index (χ1v) is 7.52. The fourth-order valence-corrected chi connectivity index (χ4v) is 3.33. The van der Waals surface area contributed by atoms with Crippen molar-refractivity contribution >= 4 is 5.82 Å². The van der Waals surface area contributed by atoms with Crippen LogP contribution >= 0.6 is 0 Å². The number of benzene rings is 1. The minimum Gasteiger partial charge on any atom is -0.350 e. The van der Waals surface area contributed by atoms with Gasteiger partial charge in [0.05, 0.1) is 6.04 Å². The van der Waals surface area contributed by atoms with Gasteiger partial charge in [-0.15, -0.1) is 0 Å². The molecule has 118 valence electrons. The Morgan fingerprint density at radius 1 is 1.17 bits per heavy atom. The Hall–Kier alpha value is -2.81. The molecule has 6 heteroatoms. The van der Waals surface area contributed by atoms with Crippen LogP contribution in [-0.2, 0) is 20.5 Å². The summed E-state index contributed by atoms with van der Waals surface area (Å²) in [6, 6.07) is 10.1. The molecule has 1 aromatic heterocycles. The van der Waals surface area contributed by atoms with Crippen molar-refractivity contribution in [3.8, 4) is 6.07 Å². The molecule has 1 unspecified atom stereocenters. The van der Waals surface area contributed by atoms with Gasteiger partial charge in [0.25, 0.3) is 5.56 Å². The van der Waals surface area contributed by atoms with Crippen LogP contribution in [0.5, 0.6) is 0 Å². The Kier molecular flexibility index (Phi) is 3.57. The van der Waals surface area contributed by atoms with E-state index in [0.717, 1.165) is 16.6 Å². The van der Waals surface area contributed by atoms with E-state index in [1.54, 1.807) is 7.05 Å². The summed E-state index contributed by atoms with van der Waals surface area (Å²) in [4.78, 5) is 26.5. The van der Waals surface area contributed by atoms with Gasteiger partial charge in [-0.3, -0.25) is 13.9 Å². The summed E-state index contributed by atoms with van der Waals surface area (Å²) >= 11 is 0. The molecule has 1 aliphatic rings. The highest BCUT2D eigenvalue weighted by molar-refractivity contribution is 5.56. The monoisotopic (exact) mass is 310 g/mol. The van der Waals surface area contributed by atoms with Crippen LogP contribution in [0.1, 0.15) is 29.7 Å². The first-order chi connectivity index (χ1) is 11.0. The highest BCUT2D eigenvalue weighted by atomic mass is 16.2. The van der Waals surface area contributed by atoms with Gasteiger partial charge in [0.15, 0.2) is 5.56 Å². The number of anilines is 1. The van der Waals surface area contributed by atoms with Gasteiger partial charge in [-0.25, -0.2) is 4.79 Å². The van der Waals surface area contributed by atoms with E-state index in [9.17, 15) is 14.9 Å². The van der Waals surface area contributed by atoms with E-state index in [0.29, 0.717) is 12.4 Å². The zero-order valence-corrected chi connectivity index (χ0v) is 13.4. The van der Waals surface area contributed by atoms with E-state index in [4.69, 9.17) is 0 Å². The van der Waals surface area contributed by atoms with Crippen molar-refractivity contribution in [2.45, 2.75) is 19.4 Å². The largest absolute Gasteiger partial charge is 0.350 e. The molecule has 1 aliphatic heterocycles. The molecule has 23 heavy (non-hydrogen) atoms. The molecule has 0 bridgehead atoms. The number of hydrogen-bond acceptors (Lipinski definition) is 4. The Bertz CT molecular complexity index is 933. The summed E-state index contributed by atoms with van der Waals surface area (Å²) in [5.74, 6) is 0.405. The molecule has 0 amide bonds. The topological polar surface area (TPSA) is 71.0 Å². The average molecular weight is 310 g/mol. The zero-order chi connectivity index (χ0) is 16.7. The Balaban J connectivity index is 2.24. The van der Waals surface area contributed by atoms with Crippen molar-refractivity contribution in [1.29, 1.82) is 5.26 Å². The van der Waals surface area contributed by atoms with Gasteiger partial charge in [-0.2, -0.15) is 5.26 Å². The van der Waals surface area contributed by atoms with E-state index < -0.39 is 11.2 Å². The number of aromatic nitrogens is 2. The van der Waals surface area contributed by atoms with E-state index in [2.05, 4.69) is 12.1 Å². The second kappa shape index (κ2) is 5.43. The number of hydrogen-bond donors (Lipinski definition) is 0. The molecular formula is C17H18N4O2. The quantitative estimate of drug-likeness (QED) is 0.790. The Labute approximate surface area is 133 Å². The van der Waals surface area contributed by atoms with Gasteiger partial charge in [0.2, 0.25) is 0 Å². The Morgan fingerprint density at radius 3 is 2.57 bits per heavy atom. The lowest BCUT2D eigenvalue weighted by Crippen LogP contribution is -2.44. The van der Waals surface area contributed by atoms with Crippen molar-refractivity contribution < 1.29 is 0 Å². The number of fused-ring (bicyclic) bond motifs is 1. The second-order valence-corrected chi connectivity index (χ2v) is 5.83. The summed E-state index contributed by atoms with van der Waals surface area (Å²) in [6.07, 6.45) is 0.814. The first-order valence-electron chi connectivity index (χ1n) is 7.52. The zero-order valence-electron chi connectivity index (χ0n) is 13.4. The predicted molar refractivity (Wildman–Crippen MR) is 87.5 cm³/mol. The van der Waals surface area contributed by atoms with Crippen molar-refractivity contribution in [2.75, 3.05) is 11.4 Å². The molecule has 0 aliphatic carbocycles. The van der Waals surface area contributed by atoms with Crippen LogP contribution in [0.3, 0.4) is 0 Å². The van der Waals surface area contributed by atoms with Gasteiger partial charge < -0.3 is 4.90 Å². The van der Waals surface area contributed by atoms with Crippen LogP contribution in [0, 0.1) is 11.3 Å². The van der Waals surface area contributed by atoms with Crippen LogP contribution in [0.15, 0.2) is 33.9 Å². The summed E-state index contributed by atoms with van der Waals surface area (Å²) < 4.78 is 2.37. The van der Waals surface area contributed by atoms with E-state index >= 15 is 0 Å². The minimum absolute atomic E-state index is 0.00949. The SMILES string of the molecule is CC1c2ccccc2CCN1c1c(C#N)c(=O)n(C)c(=O)n1C. The molecule has 0 fully saturated rings. The fraction of sp³-hybridized carbons (Fsp3) is 0.353. The number of nitriles is 1. The van der Waals surface area contributed by atoms with Gasteiger partial charge in [0, 0.05) is 20.6 Å². The molecular weight excluding hydrogens is 292 g/mol. The fourth-order valence-electron chi connectivity index (χ4n) is 3.33. The van der Waals surface area contributed by atoms with E-state index in [1.165, 1.54) is 17.2 Å². The lowest BCUT2D eigenvalue weighted by atomic mass is 9.93. The van der Waals surface area contributed by atoms with Gasteiger partial charge in [-0.05, 0) is 24.5 Å². The minimum atomic E-state index is -0.545. The molecule has 3 rings (SSSR count). The van der Waals surface area contributed by atoms with Crippen LogP contribution in [0.25, 0.3) is 0 Å². The standard InChI is InChI=1S/C17H18N4O2/c1-11-13-7-5-4-6-12(13)8-9-21(11)15-14(10-18)16(22)20(3)17(23)19(15)2/h4-7,11H,8-9H2,1-3H3. The molecule has 1 aromatic carbocycles. The average Bonchev–Trinajstić information content (AvgIpc) is 2.57. The van der Waals surface area contributed by atoms with Crippen molar-refractivity contribution in [2.24, 2.45) is 14.1 Å². The number of nitrogens with zero attached hydrogens (tertiary/aromatic N) is 4. The highest BCUT2D eigenvalue weighted by Crippen LogP contribution is 2.33. The Morgan fingerprint density at radius 2 is 1.87 bits per heavy atom. The molecule has 0 saturated carbocycles.